The largest absolute Gasteiger partial charge is 0.362 e. The molecule has 0 bridgehead atoms. The lowest BCUT2D eigenvalue weighted by Gasteiger charge is -2.29. The molecule has 0 saturated carbocycles. The number of aromatic nitrogens is 3. The van der Waals surface area contributed by atoms with E-state index in [1.807, 2.05) is 0 Å². The second-order valence-electron chi connectivity index (χ2n) is 4.27. The molecule has 0 atom stereocenters. The molecule has 2 heterocycles. The van der Waals surface area contributed by atoms with Gasteiger partial charge in [0.2, 0.25) is 0 Å². The molecule has 0 radical (unpaired) electrons. The summed E-state index contributed by atoms with van der Waals surface area (Å²) in [5.41, 5.74) is 2.49. The molecule has 1 aliphatic heterocycles. The smallest absolute Gasteiger partial charge is 0.152 e. The first-order valence-electron chi connectivity index (χ1n) is 5.74. The number of rotatable bonds is 2. The Bertz CT molecular complexity index is 567. The topological polar surface area (TPSA) is 34.0 Å². The van der Waals surface area contributed by atoms with Crippen molar-refractivity contribution in [2.24, 2.45) is 0 Å². The van der Waals surface area contributed by atoms with Crippen LogP contribution in [0.3, 0.4) is 0 Å². The number of nitrogens with zero attached hydrogens (tertiary/aromatic N) is 4. The molecule has 1 aliphatic rings. The maximum absolute atomic E-state index is 4.14. The van der Waals surface area contributed by atoms with E-state index in [4.69, 9.17) is 0 Å². The average Bonchev–Trinajstić information content (AvgIpc) is 2.85. The maximum atomic E-state index is 4.14. The first-order chi connectivity index (χ1) is 8.78. The lowest BCUT2D eigenvalue weighted by Crippen LogP contribution is -2.33. The lowest BCUT2D eigenvalue weighted by atomic mass is 10.2. The Hall–Kier alpha value is -0.880. The van der Waals surface area contributed by atoms with Gasteiger partial charge >= 0.3 is 0 Å². The van der Waals surface area contributed by atoms with E-state index in [0.29, 0.717) is 0 Å². The summed E-state index contributed by atoms with van der Waals surface area (Å²) in [5.74, 6) is 1.03. The summed E-state index contributed by atoms with van der Waals surface area (Å²) in [4.78, 5) is 2.33. The summed E-state index contributed by atoms with van der Waals surface area (Å²) in [6, 6.07) is 6.48. The van der Waals surface area contributed by atoms with E-state index in [-0.39, 0.29) is 0 Å². The van der Waals surface area contributed by atoms with Crippen LogP contribution in [0.25, 0.3) is 0 Å². The molecule has 2 aromatic rings. The minimum Gasteiger partial charge on any atom is -0.362 e. The Balaban J connectivity index is 1.86. The van der Waals surface area contributed by atoms with Gasteiger partial charge in [-0.15, -0.1) is 10.2 Å². The van der Waals surface area contributed by atoms with E-state index in [9.17, 15) is 0 Å². The van der Waals surface area contributed by atoms with Crippen molar-refractivity contribution in [2.45, 2.75) is 18.4 Å². The second-order valence-corrected chi connectivity index (χ2v) is 5.69. The van der Waals surface area contributed by atoms with Gasteiger partial charge in [0.05, 0.1) is 6.54 Å². The van der Waals surface area contributed by atoms with Crippen molar-refractivity contribution in [3.8, 4) is 0 Å². The second kappa shape index (κ2) is 5.01. The van der Waals surface area contributed by atoms with Gasteiger partial charge in [-0.1, -0.05) is 37.9 Å². The fraction of sp³-hybridized carbons (Fsp3) is 0.333. The van der Waals surface area contributed by atoms with Crippen LogP contribution in [0.4, 0.5) is 5.69 Å². The minimum atomic E-state index is 0.820. The van der Waals surface area contributed by atoms with E-state index in [1.165, 1.54) is 11.3 Å². The Kier molecular flexibility index (Phi) is 3.39. The molecule has 0 unspecified atom stereocenters. The number of fused-ring (bicyclic) bond motifs is 1. The first-order valence-corrected chi connectivity index (χ1v) is 7.65. The summed E-state index contributed by atoms with van der Waals surface area (Å²) in [5, 5.41) is 8.95. The standard InChI is InChI=1S/C12H12Br2N4/c13-6-9-1-2-10(5-11(9)14)17-3-4-18-8-15-16-12(18)7-17/h1-2,5,8H,3-4,6-7H2. The third-order valence-corrected chi connectivity index (χ3v) is 4.53. The normalized spacial score (nSPS) is 14.7. The molecule has 6 heteroatoms. The summed E-state index contributed by atoms with van der Waals surface area (Å²) in [6.45, 7) is 2.76. The number of anilines is 1. The van der Waals surface area contributed by atoms with Crippen LogP contribution in [-0.4, -0.2) is 21.3 Å². The van der Waals surface area contributed by atoms with Gasteiger partial charge in [-0.05, 0) is 17.7 Å². The zero-order chi connectivity index (χ0) is 12.5. The molecule has 0 N–H and O–H groups in total. The van der Waals surface area contributed by atoms with Crippen molar-refractivity contribution in [3.63, 3.8) is 0 Å². The van der Waals surface area contributed by atoms with Crippen molar-refractivity contribution in [1.82, 2.24) is 14.8 Å². The van der Waals surface area contributed by atoms with Crippen LogP contribution in [0.15, 0.2) is 29.0 Å². The van der Waals surface area contributed by atoms with E-state index in [2.05, 4.69) is 69.7 Å². The molecule has 94 valence electrons. The highest BCUT2D eigenvalue weighted by molar-refractivity contribution is 9.10. The van der Waals surface area contributed by atoms with Gasteiger partial charge in [-0.3, -0.25) is 0 Å². The minimum absolute atomic E-state index is 0.820. The summed E-state index contributed by atoms with van der Waals surface area (Å²) in [6.07, 6.45) is 1.80. The molecule has 1 aromatic heterocycles. The molecule has 0 spiro atoms. The van der Waals surface area contributed by atoms with Gasteiger partial charge in [-0.25, -0.2) is 0 Å². The van der Waals surface area contributed by atoms with Gasteiger partial charge in [0.1, 0.15) is 6.33 Å². The van der Waals surface area contributed by atoms with Crippen molar-refractivity contribution < 1.29 is 0 Å². The molecule has 0 fully saturated rings. The van der Waals surface area contributed by atoms with Gasteiger partial charge in [-0.2, -0.15) is 0 Å². The molecule has 3 rings (SSSR count). The summed E-state index contributed by atoms with van der Waals surface area (Å²) in [7, 11) is 0. The Morgan fingerprint density at radius 3 is 2.94 bits per heavy atom. The number of halogens is 2. The maximum Gasteiger partial charge on any atom is 0.152 e. The number of alkyl halides is 1. The van der Waals surface area contributed by atoms with Crippen LogP contribution >= 0.6 is 31.9 Å². The average molecular weight is 372 g/mol. The predicted molar refractivity (Wildman–Crippen MR) is 77.8 cm³/mol. The number of hydrogen-bond donors (Lipinski definition) is 0. The van der Waals surface area contributed by atoms with Crippen LogP contribution in [-0.2, 0) is 18.4 Å². The monoisotopic (exact) mass is 370 g/mol. The highest BCUT2D eigenvalue weighted by Gasteiger charge is 2.18. The highest BCUT2D eigenvalue weighted by atomic mass is 79.9. The molecular weight excluding hydrogens is 360 g/mol. The number of benzene rings is 1. The van der Waals surface area contributed by atoms with Crippen LogP contribution in [0.5, 0.6) is 0 Å². The number of hydrogen-bond acceptors (Lipinski definition) is 3. The van der Waals surface area contributed by atoms with Crippen LogP contribution < -0.4 is 4.90 Å². The van der Waals surface area contributed by atoms with E-state index < -0.39 is 0 Å². The van der Waals surface area contributed by atoms with Crippen LogP contribution in [0.1, 0.15) is 11.4 Å². The van der Waals surface area contributed by atoms with Gasteiger partial charge in [0, 0.05) is 28.6 Å². The molecule has 0 aliphatic carbocycles. The summed E-state index contributed by atoms with van der Waals surface area (Å²) < 4.78 is 3.25. The van der Waals surface area contributed by atoms with Crippen molar-refractivity contribution in [1.29, 1.82) is 0 Å². The summed E-state index contributed by atoms with van der Waals surface area (Å²) >= 11 is 7.09. The molecular formula is C12H12Br2N4. The van der Waals surface area contributed by atoms with E-state index >= 15 is 0 Å². The van der Waals surface area contributed by atoms with Gasteiger partial charge in [0.25, 0.3) is 0 Å². The molecule has 0 amide bonds. The predicted octanol–water partition coefficient (Wildman–Crippen LogP) is 2.96. The third kappa shape index (κ3) is 2.19. The quantitative estimate of drug-likeness (QED) is 0.761. The zero-order valence-corrected chi connectivity index (χ0v) is 12.9. The SMILES string of the molecule is BrCc1ccc(N2CCn3cnnc3C2)cc1Br. The van der Waals surface area contributed by atoms with Gasteiger partial charge < -0.3 is 9.47 Å². The Labute approximate surface area is 122 Å². The van der Waals surface area contributed by atoms with Gasteiger partial charge in [0.15, 0.2) is 5.82 Å². The zero-order valence-electron chi connectivity index (χ0n) is 9.68. The Morgan fingerprint density at radius 2 is 2.17 bits per heavy atom. The van der Waals surface area contributed by atoms with E-state index in [1.54, 1.807) is 6.33 Å². The molecule has 0 saturated heterocycles. The lowest BCUT2D eigenvalue weighted by molar-refractivity contribution is 0.560. The Morgan fingerprint density at radius 1 is 1.28 bits per heavy atom. The van der Waals surface area contributed by atoms with Crippen LogP contribution in [0, 0.1) is 0 Å². The van der Waals surface area contributed by atoms with Crippen molar-refractivity contribution in [2.75, 3.05) is 11.4 Å². The fourth-order valence-electron chi connectivity index (χ4n) is 2.13. The van der Waals surface area contributed by atoms with E-state index in [0.717, 1.165) is 35.3 Å². The first kappa shape index (κ1) is 12.2. The molecule has 4 nitrogen and oxygen atoms in total. The third-order valence-electron chi connectivity index (χ3n) is 3.18. The molecule has 18 heavy (non-hydrogen) atoms. The fourth-order valence-corrected chi connectivity index (χ4v) is 3.50. The van der Waals surface area contributed by atoms with Crippen molar-refractivity contribution >= 4 is 37.5 Å². The highest BCUT2D eigenvalue weighted by Crippen LogP contribution is 2.27. The van der Waals surface area contributed by atoms with Crippen LogP contribution in [0.2, 0.25) is 0 Å². The molecule has 1 aromatic carbocycles. The van der Waals surface area contributed by atoms with Crippen molar-refractivity contribution in [3.05, 3.63) is 40.4 Å².